The number of nitrogens with zero attached hydrogens (tertiary/aromatic N) is 3. The summed E-state index contributed by atoms with van der Waals surface area (Å²) in [6.07, 6.45) is 2.50. The van der Waals surface area contributed by atoms with E-state index in [0.717, 1.165) is 38.2 Å². The summed E-state index contributed by atoms with van der Waals surface area (Å²) in [5.74, 6) is 0.667. The maximum atomic E-state index is 12.8. The number of amides is 4. The van der Waals surface area contributed by atoms with Crippen LogP contribution in [-0.2, 0) is 4.79 Å². The molecule has 3 heterocycles. The summed E-state index contributed by atoms with van der Waals surface area (Å²) in [5, 5.41) is 2.23. The quantitative estimate of drug-likeness (QED) is 0.622. The van der Waals surface area contributed by atoms with Gasteiger partial charge in [0.05, 0.1) is 0 Å². The van der Waals surface area contributed by atoms with Gasteiger partial charge in [0.25, 0.3) is 11.8 Å². The number of urea groups is 1. The molecule has 0 atom stereocenters. The second-order valence-electron chi connectivity index (χ2n) is 7.58. The molecule has 0 radical (unpaired) electrons. The molecule has 156 valence electrons. The predicted molar refractivity (Wildman–Crippen MR) is 111 cm³/mol. The Hall–Kier alpha value is -3.39. The van der Waals surface area contributed by atoms with Crippen molar-refractivity contribution in [3.05, 3.63) is 53.4 Å². The van der Waals surface area contributed by atoms with Gasteiger partial charge in [0.15, 0.2) is 0 Å². The van der Waals surface area contributed by atoms with Crippen LogP contribution in [0.5, 0.6) is 0 Å². The second kappa shape index (κ2) is 8.16. The van der Waals surface area contributed by atoms with E-state index in [1.54, 1.807) is 12.1 Å². The number of benzene rings is 1. The third-order valence-electron chi connectivity index (χ3n) is 5.45. The van der Waals surface area contributed by atoms with Crippen LogP contribution >= 0.6 is 0 Å². The van der Waals surface area contributed by atoms with Crippen LogP contribution in [-0.4, -0.2) is 72.8 Å². The molecule has 4 rings (SSSR count). The molecule has 4 amide bonds. The van der Waals surface area contributed by atoms with Crippen LogP contribution in [0.15, 0.2) is 46.5 Å². The zero-order valence-electron chi connectivity index (χ0n) is 17.1. The number of carbonyl (C=O) groups is 3. The minimum absolute atomic E-state index is 0.0432. The van der Waals surface area contributed by atoms with Crippen LogP contribution in [0.2, 0.25) is 0 Å². The minimum atomic E-state index is -0.464. The number of nitrogens with one attached hydrogen (secondary N) is 1. The zero-order valence-corrected chi connectivity index (χ0v) is 17.1. The van der Waals surface area contributed by atoms with E-state index < -0.39 is 11.9 Å². The highest BCUT2D eigenvalue weighted by Crippen LogP contribution is 2.25. The number of carbonyl (C=O) groups excluding carboxylic acids is 3. The van der Waals surface area contributed by atoms with E-state index in [9.17, 15) is 14.4 Å². The maximum absolute atomic E-state index is 12.8. The van der Waals surface area contributed by atoms with E-state index >= 15 is 0 Å². The lowest BCUT2D eigenvalue weighted by atomic mass is 10.1. The molecule has 2 saturated heterocycles. The highest BCUT2D eigenvalue weighted by molar-refractivity contribution is 6.13. The Kier molecular flexibility index (Phi) is 5.41. The average Bonchev–Trinajstić information content (AvgIpc) is 3.22. The minimum Gasteiger partial charge on any atom is -0.457 e. The molecule has 30 heavy (non-hydrogen) atoms. The molecule has 0 bridgehead atoms. The summed E-state index contributed by atoms with van der Waals surface area (Å²) in [6.45, 7) is 3.39. The summed E-state index contributed by atoms with van der Waals surface area (Å²) >= 11 is 0. The smallest absolute Gasteiger partial charge is 0.328 e. The monoisotopic (exact) mass is 408 g/mol. The van der Waals surface area contributed by atoms with Gasteiger partial charge in [-0.3, -0.25) is 19.8 Å². The lowest BCUT2D eigenvalue weighted by Gasteiger charge is -2.20. The Morgan fingerprint density at radius 3 is 2.47 bits per heavy atom. The summed E-state index contributed by atoms with van der Waals surface area (Å²) in [5.41, 5.74) is 1.71. The average molecular weight is 408 g/mol. The van der Waals surface area contributed by atoms with Crippen LogP contribution < -0.4 is 5.32 Å². The Bertz CT molecular complexity index is 1010. The van der Waals surface area contributed by atoms with Crippen LogP contribution in [0.25, 0.3) is 17.4 Å². The first-order chi connectivity index (χ1) is 14.4. The third-order valence-corrected chi connectivity index (χ3v) is 5.45. The zero-order chi connectivity index (χ0) is 21.3. The normalized spacial score (nSPS) is 19.3. The highest BCUT2D eigenvalue weighted by atomic mass is 16.3. The summed E-state index contributed by atoms with van der Waals surface area (Å²) in [7, 11) is 3.60. The number of furan rings is 1. The van der Waals surface area contributed by atoms with Crippen LogP contribution in [0.4, 0.5) is 4.79 Å². The lowest BCUT2D eigenvalue weighted by Crippen LogP contribution is -2.34. The number of likely N-dealkylation sites (N-methyl/N-ethyl adjacent to an activating group) is 2. The number of imide groups is 1. The van der Waals surface area contributed by atoms with E-state index in [1.165, 1.54) is 18.0 Å². The van der Waals surface area contributed by atoms with E-state index in [1.807, 2.05) is 29.2 Å². The van der Waals surface area contributed by atoms with Crippen LogP contribution in [0.3, 0.4) is 0 Å². The first-order valence-electron chi connectivity index (χ1n) is 9.91. The molecule has 0 spiro atoms. The molecule has 1 N–H and O–H groups in total. The molecule has 8 nitrogen and oxygen atoms in total. The molecule has 2 aromatic rings. The van der Waals surface area contributed by atoms with E-state index in [4.69, 9.17) is 4.42 Å². The van der Waals surface area contributed by atoms with Gasteiger partial charge in [0, 0.05) is 43.9 Å². The van der Waals surface area contributed by atoms with Crippen LogP contribution in [0.1, 0.15) is 22.5 Å². The molecule has 8 heteroatoms. The molecule has 0 unspecified atom stereocenters. The molecule has 0 saturated carbocycles. The van der Waals surface area contributed by atoms with Crippen molar-refractivity contribution in [1.82, 2.24) is 20.0 Å². The summed E-state index contributed by atoms with van der Waals surface area (Å²) < 4.78 is 5.81. The first-order valence-corrected chi connectivity index (χ1v) is 9.91. The van der Waals surface area contributed by atoms with Gasteiger partial charge in [-0.05, 0) is 44.3 Å². The largest absolute Gasteiger partial charge is 0.457 e. The van der Waals surface area contributed by atoms with Crippen molar-refractivity contribution in [3.63, 3.8) is 0 Å². The maximum Gasteiger partial charge on any atom is 0.328 e. The topological polar surface area (TPSA) is 86.1 Å². The fraction of sp³-hybridized carbons (Fsp3) is 0.318. The van der Waals surface area contributed by atoms with Gasteiger partial charge in [-0.15, -0.1) is 0 Å². The molecule has 1 aromatic carbocycles. The third kappa shape index (κ3) is 3.99. The Morgan fingerprint density at radius 2 is 1.77 bits per heavy atom. The van der Waals surface area contributed by atoms with Gasteiger partial charge in [0.1, 0.15) is 17.2 Å². The van der Waals surface area contributed by atoms with Gasteiger partial charge < -0.3 is 14.2 Å². The van der Waals surface area contributed by atoms with Gasteiger partial charge in [-0.2, -0.15) is 0 Å². The molecule has 1 aromatic heterocycles. The number of hydrogen-bond donors (Lipinski definition) is 1. The van der Waals surface area contributed by atoms with E-state index in [2.05, 4.69) is 17.3 Å². The standard InChI is InChI=1S/C22H24N4O4/c1-24-10-3-11-26(13-12-24)21(28)16-6-4-15(5-7-16)19-9-8-17(30-19)14-18-20(27)23-22(29)25(18)2/h4-9,14H,3,10-13H2,1-2H3,(H,23,27,29)/b18-14-. The summed E-state index contributed by atoms with van der Waals surface area (Å²) in [6, 6.07) is 10.4. The van der Waals surface area contributed by atoms with Crippen molar-refractivity contribution in [1.29, 1.82) is 0 Å². The van der Waals surface area contributed by atoms with Crippen molar-refractivity contribution in [3.8, 4) is 11.3 Å². The highest BCUT2D eigenvalue weighted by Gasteiger charge is 2.30. The van der Waals surface area contributed by atoms with E-state index in [-0.39, 0.29) is 11.6 Å². The fourth-order valence-corrected chi connectivity index (χ4v) is 3.60. The van der Waals surface area contributed by atoms with Crippen LogP contribution in [0, 0.1) is 0 Å². The number of rotatable bonds is 3. The first kappa shape index (κ1) is 19.9. The van der Waals surface area contributed by atoms with Crippen molar-refractivity contribution >= 4 is 23.9 Å². The lowest BCUT2D eigenvalue weighted by molar-refractivity contribution is -0.115. The molecule has 2 aliphatic rings. The molecular weight excluding hydrogens is 384 g/mol. The molecule has 2 fully saturated rings. The van der Waals surface area contributed by atoms with Crippen molar-refractivity contribution in [2.24, 2.45) is 0 Å². The second-order valence-corrected chi connectivity index (χ2v) is 7.58. The summed E-state index contributed by atoms with van der Waals surface area (Å²) in [4.78, 5) is 41.5. The Balaban J connectivity index is 1.48. The van der Waals surface area contributed by atoms with E-state index in [0.29, 0.717) is 17.1 Å². The SMILES string of the molecule is CN1CCCN(C(=O)c2ccc(-c3ccc(/C=C4/C(=O)NC(=O)N4C)o3)cc2)CC1. The van der Waals surface area contributed by atoms with Crippen molar-refractivity contribution in [2.75, 3.05) is 40.3 Å². The van der Waals surface area contributed by atoms with Crippen molar-refractivity contribution in [2.45, 2.75) is 6.42 Å². The molecule has 0 aliphatic carbocycles. The van der Waals surface area contributed by atoms with Crippen molar-refractivity contribution < 1.29 is 18.8 Å². The number of hydrogen-bond acceptors (Lipinski definition) is 5. The van der Waals surface area contributed by atoms with Gasteiger partial charge in [0.2, 0.25) is 0 Å². The Morgan fingerprint density at radius 1 is 1.00 bits per heavy atom. The fourth-order valence-electron chi connectivity index (χ4n) is 3.60. The van der Waals surface area contributed by atoms with Gasteiger partial charge >= 0.3 is 6.03 Å². The predicted octanol–water partition coefficient (Wildman–Crippen LogP) is 2.25. The molecule has 2 aliphatic heterocycles. The Labute approximate surface area is 174 Å². The van der Waals surface area contributed by atoms with Gasteiger partial charge in [-0.25, -0.2) is 4.79 Å². The molecular formula is C22H24N4O4. The van der Waals surface area contributed by atoms with Gasteiger partial charge in [-0.1, -0.05) is 12.1 Å².